The number of hydrogen-bond acceptors (Lipinski definition) is 2. The van der Waals surface area contributed by atoms with E-state index in [-0.39, 0.29) is 11.8 Å². The van der Waals surface area contributed by atoms with E-state index in [1.807, 2.05) is 0 Å². The van der Waals surface area contributed by atoms with Crippen LogP contribution < -0.4 is 5.32 Å². The fourth-order valence-electron chi connectivity index (χ4n) is 6.48. The highest BCUT2D eigenvalue weighted by Crippen LogP contribution is 2.40. The Balaban J connectivity index is 1.28. The summed E-state index contributed by atoms with van der Waals surface area (Å²) in [6.07, 6.45) is 18.8. The van der Waals surface area contributed by atoms with E-state index >= 15 is 0 Å². The van der Waals surface area contributed by atoms with E-state index in [0.717, 1.165) is 37.3 Å². The minimum atomic E-state index is 0.0646. The van der Waals surface area contributed by atoms with Crippen molar-refractivity contribution in [2.24, 2.45) is 17.8 Å². The standard InChI is InChI=1S/C24H38N2O2/c27-23(21-13-5-2-9-18-8-1-4-12-20(18)21)15-16-25-24(28)26-17-7-11-19-10-3-6-14-22(19)26/h13,18-20,22H,1-12,14-17H2,(H,25,28). The predicted molar refractivity (Wildman–Crippen MR) is 112 cm³/mol. The summed E-state index contributed by atoms with van der Waals surface area (Å²) in [7, 11) is 0. The van der Waals surface area contributed by atoms with Gasteiger partial charge in [0.25, 0.3) is 0 Å². The first kappa shape index (κ1) is 20.0. The molecule has 4 unspecified atom stereocenters. The molecule has 0 aromatic rings. The second kappa shape index (κ2) is 9.45. The van der Waals surface area contributed by atoms with Gasteiger partial charge in [-0.05, 0) is 81.1 Å². The van der Waals surface area contributed by atoms with Crippen LogP contribution in [0.5, 0.6) is 0 Å². The van der Waals surface area contributed by atoms with Gasteiger partial charge in [0.15, 0.2) is 5.78 Å². The van der Waals surface area contributed by atoms with E-state index in [1.165, 1.54) is 64.2 Å². The molecule has 4 atom stereocenters. The molecule has 4 rings (SSSR count). The summed E-state index contributed by atoms with van der Waals surface area (Å²) in [5.74, 6) is 2.20. The molecule has 0 radical (unpaired) electrons. The lowest BCUT2D eigenvalue weighted by molar-refractivity contribution is -0.116. The van der Waals surface area contributed by atoms with Gasteiger partial charge < -0.3 is 10.2 Å². The Hall–Kier alpha value is -1.32. The van der Waals surface area contributed by atoms with Crippen molar-refractivity contribution in [2.75, 3.05) is 13.1 Å². The highest BCUT2D eigenvalue weighted by atomic mass is 16.2. The highest BCUT2D eigenvalue weighted by Gasteiger charge is 2.36. The average molecular weight is 387 g/mol. The fourth-order valence-corrected chi connectivity index (χ4v) is 6.48. The molecule has 4 heteroatoms. The number of nitrogens with one attached hydrogen (secondary N) is 1. The van der Waals surface area contributed by atoms with Crippen molar-refractivity contribution in [3.05, 3.63) is 11.6 Å². The van der Waals surface area contributed by atoms with Gasteiger partial charge in [-0.3, -0.25) is 4.79 Å². The van der Waals surface area contributed by atoms with Crippen LogP contribution in [0.2, 0.25) is 0 Å². The van der Waals surface area contributed by atoms with E-state index in [4.69, 9.17) is 0 Å². The van der Waals surface area contributed by atoms with Crippen LogP contribution >= 0.6 is 0 Å². The van der Waals surface area contributed by atoms with Crippen LogP contribution in [0.1, 0.15) is 89.9 Å². The Morgan fingerprint density at radius 1 is 0.893 bits per heavy atom. The zero-order valence-corrected chi connectivity index (χ0v) is 17.5. The normalized spacial score (nSPS) is 33.1. The number of hydrogen-bond donors (Lipinski definition) is 1. The zero-order valence-electron chi connectivity index (χ0n) is 17.5. The second-order valence-electron chi connectivity index (χ2n) is 9.59. The van der Waals surface area contributed by atoms with Crippen LogP contribution in [-0.2, 0) is 4.79 Å². The van der Waals surface area contributed by atoms with Gasteiger partial charge in [0.2, 0.25) is 0 Å². The van der Waals surface area contributed by atoms with Gasteiger partial charge >= 0.3 is 6.03 Å². The minimum Gasteiger partial charge on any atom is -0.338 e. The molecule has 1 aliphatic heterocycles. The van der Waals surface area contributed by atoms with Crippen molar-refractivity contribution in [3.63, 3.8) is 0 Å². The van der Waals surface area contributed by atoms with Crippen molar-refractivity contribution in [2.45, 2.75) is 95.9 Å². The molecule has 4 aliphatic rings. The Kier molecular flexibility index (Phi) is 6.74. The molecule has 2 amide bonds. The second-order valence-corrected chi connectivity index (χ2v) is 9.59. The smallest absolute Gasteiger partial charge is 0.317 e. The number of allylic oxidation sites excluding steroid dienone is 2. The van der Waals surface area contributed by atoms with E-state index in [0.29, 0.717) is 30.8 Å². The summed E-state index contributed by atoms with van der Waals surface area (Å²) in [6, 6.07) is 0.501. The number of nitrogens with zero attached hydrogens (tertiary/aromatic N) is 1. The lowest BCUT2D eigenvalue weighted by Crippen LogP contribution is -2.53. The Morgan fingerprint density at radius 2 is 1.61 bits per heavy atom. The summed E-state index contributed by atoms with van der Waals surface area (Å²) in [4.78, 5) is 27.8. The van der Waals surface area contributed by atoms with Gasteiger partial charge in [-0.2, -0.15) is 0 Å². The number of Topliss-reactive ketones (excluding diaryl/α,β-unsaturated/α-hetero) is 1. The topological polar surface area (TPSA) is 49.4 Å². The average Bonchev–Trinajstić information content (AvgIpc) is 2.96. The maximum Gasteiger partial charge on any atom is 0.317 e. The quantitative estimate of drug-likeness (QED) is 0.719. The van der Waals surface area contributed by atoms with E-state index in [1.54, 1.807) is 0 Å². The Bertz CT molecular complexity index is 597. The number of ketones is 1. The molecule has 0 aromatic carbocycles. The summed E-state index contributed by atoms with van der Waals surface area (Å²) in [5.41, 5.74) is 1.10. The molecule has 3 fully saturated rings. The molecule has 3 aliphatic carbocycles. The van der Waals surface area contributed by atoms with Crippen molar-refractivity contribution < 1.29 is 9.59 Å². The van der Waals surface area contributed by atoms with Gasteiger partial charge in [0, 0.05) is 25.6 Å². The monoisotopic (exact) mass is 386 g/mol. The third-order valence-electron chi connectivity index (χ3n) is 7.91. The number of carbonyl (C=O) groups is 2. The van der Waals surface area contributed by atoms with Crippen LogP contribution in [0.25, 0.3) is 0 Å². The molecule has 1 saturated heterocycles. The maximum atomic E-state index is 13.0. The molecule has 2 saturated carbocycles. The van der Waals surface area contributed by atoms with Crippen LogP contribution in [-0.4, -0.2) is 35.8 Å². The molecule has 28 heavy (non-hydrogen) atoms. The number of urea groups is 1. The molecule has 0 spiro atoms. The van der Waals surface area contributed by atoms with Crippen molar-refractivity contribution >= 4 is 11.8 Å². The van der Waals surface area contributed by atoms with Gasteiger partial charge in [0.05, 0.1) is 0 Å². The largest absolute Gasteiger partial charge is 0.338 e. The molecule has 0 bridgehead atoms. The van der Waals surface area contributed by atoms with Crippen molar-refractivity contribution in [1.29, 1.82) is 0 Å². The fraction of sp³-hybridized carbons (Fsp3) is 0.833. The van der Waals surface area contributed by atoms with Crippen LogP contribution in [0.4, 0.5) is 4.79 Å². The maximum absolute atomic E-state index is 13.0. The summed E-state index contributed by atoms with van der Waals surface area (Å²) < 4.78 is 0. The highest BCUT2D eigenvalue weighted by molar-refractivity contribution is 5.96. The van der Waals surface area contributed by atoms with E-state index < -0.39 is 0 Å². The minimum absolute atomic E-state index is 0.0646. The summed E-state index contributed by atoms with van der Waals surface area (Å²) in [6.45, 7) is 1.37. The first-order chi connectivity index (χ1) is 13.7. The molecular weight excluding hydrogens is 348 g/mol. The third kappa shape index (κ3) is 4.46. The van der Waals surface area contributed by atoms with Gasteiger partial charge in [0.1, 0.15) is 0 Å². The zero-order chi connectivity index (χ0) is 19.3. The third-order valence-corrected chi connectivity index (χ3v) is 7.91. The molecule has 1 N–H and O–H groups in total. The van der Waals surface area contributed by atoms with Crippen LogP contribution in [0, 0.1) is 17.8 Å². The predicted octanol–water partition coefficient (Wildman–Crippen LogP) is 5.23. The van der Waals surface area contributed by atoms with Gasteiger partial charge in [-0.15, -0.1) is 0 Å². The number of carbonyl (C=O) groups excluding carboxylic acids is 2. The van der Waals surface area contributed by atoms with Crippen molar-refractivity contribution in [3.8, 4) is 0 Å². The number of fused-ring (bicyclic) bond motifs is 2. The van der Waals surface area contributed by atoms with Crippen LogP contribution in [0.15, 0.2) is 11.6 Å². The first-order valence-electron chi connectivity index (χ1n) is 12.0. The lowest BCUT2D eigenvalue weighted by Gasteiger charge is -2.44. The molecule has 0 aromatic heterocycles. The van der Waals surface area contributed by atoms with Crippen LogP contribution in [0.3, 0.4) is 0 Å². The van der Waals surface area contributed by atoms with Crippen molar-refractivity contribution in [1.82, 2.24) is 10.2 Å². The van der Waals surface area contributed by atoms with Gasteiger partial charge in [-0.1, -0.05) is 31.8 Å². The molecule has 4 nitrogen and oxygen atoms in total. The molecule has 156 valence electrons. The lowest BCUT2D eigenvalue weighted by atomic mass is 9.73. The first-order valence-corrected chi connectivity index (χ1v) is 12.0. The SMILES string of the molecule is O=C(CCNC(=O)N1CCCC2CCCCC21)C1=CCCCC2CCCCC12. The number of likely N-dealkylation sites (tertiary alicyclic amines) is 1. The summed E-state index contributed by atoms with van der Waals surface area (Å²) in [5, 5.41) is 3.08. The number of rotatable bonds is 4. The Labute approximate surface area is 170 Å². The molecule has 1 heterocycles. The van der Waals surface area contributed by atoms with E-state index in [2.05, 4.69) is 16.3 Å². The number of piperidine rings is 1. The number of amides is 2. The van der Waals surface area contributed by atoms with E-state index in [9.17, 15) is 9.59 Å². The Morgan fingerprint density at radius 3 is 2.50 bits per heavy atom. The van der Waals surface area contributed by atoms with Gasteiger partial charge in [-0.25, -0.2) is 4.79 Å². The molecular formula is C24H38N2O2. The summed E-state index contributed by atoms with van der Waals surface area (Å²) >= 11 is 0.